The first-order chi connectivity index (χ1) is 20.4. The molecule has 6 rings (SSSR count). The molecule has 12 heteroatoms. The summed E-state index contributed by atoms with van der Waals surface area (Å²) in [5.41, 5.74) is 1.83. The number of carbonyl (C=O) groups is 1. The second-order valence-electron chi connectivity index (χ2n) is 12.4. The Labute approximate surface area is 261 Å². The number of sulfonamides is 1. The van der Waals surface area contributed by atoms with Gasteiger partial charge in [0.1, 0.15) is 5.82 Å². The van der Waals surface area contributed by atoms with Gasteiger partial charge in [-0.15, -0.1) is 11.3 Å². The second-order valence-corrected chi connectivity index (χ2v) is 15.6. The van der Waals surface area contributed by atoms with Crippen molar-refractivity contribution in [3.8, 4) is 5.06 Å². The number of nitrogens with zero attached hydrogens (tertiary/aromatic N) is 3. The molecule has 2 aromatic carbocycles. The van der Waals surface area contributed by atoms with Crippen molar-refractivity contribution in [1.29, 1.82) is 0 Å². The summed E-state index contributed by atoms with van der Waals surface area (Å²) < 4.78 is 54.7. The minimum Gasteiger partial charge on any atom is -0.397 e. The molecular formula is C31H35ClFN3O5S2. The number of anilines is 2. The molecule has 2 saturated heterocycles. The molecule has 8 nitrogen and oxygen atoms in total. The lowest BCUT2D eigenvalue weighted by atomic mass is 9.87. The van der Waals surface area contributed by atoms with Crippen LogP contribution < -0.4 is 14.5 Å². The van der Waals surface area contributed by atoms with Crippen LogP contribution >= 0.6 is 22.9 Å². The summed E-state index contributed by atoms with van der Waals surface area (Å²) in [7, 11) is -3.63. The third-order valence-corrected chi connectivity index (χ3v) is 11.7. The highest BCUT2D eigenvalue weighted by molar-refractivity contribution is 7.89. The van der Waals surface area contributed by atoms with Crippen LogP contribution in [0.1, 0.15) is 26.3 Å². The van der Waals surface area contributed by atoms with E-state index in [0.717, 1.165) is 5.56 Å². The molecule has 43 heavy (non-hydrogen) atoms. The van der Waals surface area contributed by atoms with E-state index in [4.69, 9.17) is 21.1 Å². The molecule has 3 aromatic rings. The van der Waals surface area contributed by atoms with E-state index in [2.05, 4.69) is 20.8 Å². The molecule has 1 saturated carbocycles. The molecule has 2 aliphatic heterocycles. The average molecular weight is 648 g/mol. The summed E-state index contributed by atoms with van der Waals surface area (Å²) >= 11 is 7.38. The molecule has 230 valence electrons. The highest BCUT2D eigenvalue weighted by Gasteiger charge is 2.58. The zero-order valence-corrected chi connectivity index (χ0v) is 26.7. The smallest absolute Gasteiger partial charge is 0.397 e. The van der Waals surface area contributed by atoms with Crippen molar-refractivity contribution in [2.24, 2.45) is 17.8 Å². The molecule has 0 N–H and O–H groups in total. The molecule has 0 spiro atoms. The number of thiophene rings is 1. The Morgan fingerprint density at radius 3 is 2.35 bits per heavy atom. The molecule has 2 atom stereocenters. The van der Waals surface area contributed by atoms with Crippen LogP contribution in [0.2, 0.25) is 5.02 Å². The first-order valence-corrected chi connectivity index (χ1v) is 17.1. The number of piperidine rings is 1. The topological polar surface area (TPSA) is 79.4 Å². The van der Waals surface area contributed by atoms with Gasteiger partial charge in [-0.1, -0.05) is 44.5 Å². The maximum atomic E-state index is 15.4. The number of amides is 1. The maximum Gasteiger partial charge on any atom is 0.420 e. The number of ether oxygens (including phenoxy) is 2. The van der Waals surface area contributed by atoms with Crippen molar-refractivity contribution in [2.45, 2.75) is 31.1 Å². The van der Waals surface area contributed by atoms with Crippen LogP contribution in [0.25, 0.3) is 0 Å². The zero-order valence-electron chi connectivity index (χ0n) is 24.3. The predicted molar refractivity (Wildman–Crippen MR) is 167 cm³/mol. The maximum absolute atomic E-state index is 15.4. The first-order valence-electron chi connectivity index (χ1n) is 14.4. The van der Waals surface area contributed by atoms with E-state index in [1.54, 1.807) is 35.7 Å². The van der Waals surface area contributed by atoms with Crippen LogP contribution in [0.3, 0.4) is 0 Å². The number of carbonyl (C=O) groups excluding carboxylic acids is 1. The number of fused-ring (bicyclic) bond motifs is 1. The Balaban J connectivity index is 1.17. The third-order valence-electron chi connectivity index (χ3n) is 8.67. The van der Waals surface area contributed by atoms with Crippen LogP contribution in [-0.4, -0.2) is 64.8 Å². The van der Waals surface area contributed by atoms with Gasteiger partial charge in [0.25, 0.3) is 0 Å². The van der Waals surface area contributed by atoms with E-state index in [0.29, 0.717) is 55.8 Å². The predicted octanol–water partition coefficient (Wildman–Crippen LogP) is 6.25. The Morgan fingerprint density at radius 1 is 1.09 bits per heavy atom. The number of rotatable bonds is 7. The van der Waals surface area contributed by atoms with Gasteiger partial charge in [0.2, 0.25) is 15.1 Å². The van der Waals surface area contributed by atoms with Crippen LogP contribution in [0, 0.1) is 23.6 Å². The SMILES string of the molecule is CC(C)(C)c1ccc(S(=O)(=O)N2CC3C(CN(C(=O)Oc4sccc4Cl)c4ccc(N5CCOCC5)c(F)c4)C3C2)cc1. The number of benzene rings is 2. The standard InChI is InChI=1S/C31H35ClFN3O5S2/c1-31(2,3)20-4-7-22(8-5-20)43(38,39)35-17-23-24(18-35)25(23)19-36(30(37)41-29-26(32)10-15-42-29)21-6-9-28(27(33)16-21)34-11-13-40-14-12-34/h4-10,15-16,23-25H,11-14,17-19H2,1-3H3. The van der Waals surface area contributed by atoms with Gasteiger partial charge < -0.3 is 14.4 Å². The number of hydrogen-bond acceptors (Lipinski definition) is 7. The number of hydrogen-bond donors (Lipinski definition) is 0. The Hall–Kier alpha value is -2.70. The molecule has 1 amide bonds. The van der Waals surface area contributed by atoms with Gasteiger partial charge in [0.15, 0.2) is 0 Å². The molecular weight excluding hydrogens is 613 g/mol. The van der Waals surface area contributed by atoms with E-state index in [-0.39, 0.29) is 39.7 Å². The Bertz CT molecular complexity index is 1590. The van der Waals surface area contributed by atoms with E-state index in [1.165, 1.54) is 26.6 Å². The van der Waals surface area contributed by atoms with Crippen LogP contribution in [0.4, 0.5) is 20.6 Å². The second kappa shape index (κ2) is 11.7. The quantitative estimate of drug-likeness (QED) is 0.302. The van der Waals surface area contributed by atoms with E-state index in [9.17, 15) is 13.2 Å². The molecule has 1 aromatic heterocycles. The van der Waals surface area contributed by atoms with Gasteiger partial charge in [0, 0.05) is 32.7 Å². The van der Waals surface area contributed by atoms with E-state index >= 15 is 4.39 Å². The lowest BCUT2D eigenvalue weighted by Gasteiger charge is -2.30. The minimum absolute atomic E-state index is 0.0584. The number of halogens is 2. The highest BCUT2D eigenvalue weighted by atomic mass is 35.5. The van der Waals surface area contributed by atoms with Crippen molar-refractivity contribution < 1.29 is 27.1 Å². The van der Waals surface area contributed by atoms with Crippen molar-refractivity contribution in [3.05, 3.63) is 70.3 Å². The summed E-state index contributed by atoms with van der Waals surface area (Å²) in [6, 6.07) is 13.5. The highest BCUT2D eigenvalue weighted by Crippen LogP contribution is 2.53. The normalized spacial score (nSPS) is 22.3. The van der Waals surface area contributed by atoms with E-state index in [1.807, 2.05) is 17.0 Å². The van der Waals surface area contributed by atoms with Crippen LogP contribution in [0.15, 0.2) is 58.8 Å². The zero-order chi connectivity index (χ0) is 30.5. The number of morpholine rings is 1. The average Bonchev–Trinajstić information content (AvgIpc) is 3.25. The van der Waals surface area contributed by atoms with Crippen LogP contribution in [-0.2, 0) is 20.2 Å². The van der Waals surface area contributed by atoms with E-state index < -0.39 is 21.9 Å². The molecule has 3 heterocycles. The van der Waals surface area contributed by atoms with Gasteiger partial charge >= 0.3 is 6.09 Å². The lowest BCUT2D eigenvalue weighted by molar-refractivity contribution is 0.122. The van der Waals surface area contributed by atoms with Crippen molar-refractivity contribution in [2.75, 3.05) is 55.7 Å². The molecule has 0 bridgehead atoms. The third kappa shape index (κ3) is 6.15. The van der Waals surface area contributed by atoms with Crippen molar-refractivity contribution in [3.63, 3.8) is 0 Å². The molecule has 3 aliphatic rings. The van der Waals surface area contributed by atoms with Crippen molar-refractivity contribution in [1.82, 2.24) is 4.31 Å². The molecule has 0 radical (unpaired) electrons. The minimum atomic E-state index is -3.63. The van der Waals surface area contributed by atoms with Gasteiger partial charge in [0.05, 0.1) is 34.5 Å². The monoisotopic (exact) mass is 647 g/mol. The van der Waals surface area contributed by atoms with Gasteiger partial charge in [-0.3, -0.25) is 4.90 Å². The summed E-state index contributed by atoms with van der Waals surface area (Å²) in [6.45, 7) is 9.53. The summed E-state index contributed by atoms with van der Waals surface area (Å²) in [6.07, 6.45) is -0.656. The summed E-state index contributed by atoms with van der Waals surface area (Å²) in [5, 5.41) is 2.32. The fourth-order valence-electron chi connectivity index (χ4n) is 6.06. The Kier molecular flexibility index (Phi) is 8.23. The van der Waals surface area contributed by atoms with Gasteiger partial charge in [-0.25, -0.2) is 17.6 Å². The molecule has 3 fully saturated rings. The lowest BCUT2D eigenvalue weighted by Crippen LogP contribution is -2.39. The first kappa shape index (κ1) is 30.3. The van der Waals surface area contributed by atoms with Crippen LogP contribution in [0.5, 0.6) is 5.06 Å². The van der Waals surface area contributed by atoms with Gasteiger partial charge in [-0.2, -0.15) is 4.31 Å². The van der Waals surface area contributed by atoms with Crippen molar-refractivity contribution >= 4 is 50.4 Å². The summed E-state index contributed by atoms with van der Waals surface area (Å²) in [4.78, 5) is 17.1. The fraction of sp³-hybridized carbons (Fsp3) is 0.452. The fourth-order valence-corrected chi connectivity index (χ4v) is 8.51. The van der Waals surface area contributed by atoms with Gasteiger partial charge in [-0.05, 0) is 70.5 Å². The summed E-state index contributed by atoms with van der Waals surface area (Å²) in [5.74, 6) is -0.177. The largest absolute Gasteiger partial charge is 0.420 e. The Morgan fingerprint density at radius 2 is 1.77 bits per heavy atom. The molecule has 1 aliphatic carbocycles. The molecule has 2 unspecified atom stereocenters.